The molecule has 2 aromatic rings. The van der Waals surface area contributed by atoms with Crippen LogP contribution in [0.15, 0.2) is 40.1 Å². The summed E-state index contributed by atoms with van der Waals surface area (Å²) in [6, 6.07) is 10.1. The molecule has 0 spiro atoms. The normalized spacial score (nSPS) is 10.3. The molecule has 0 saturated carbocycles. The first kappa shape index (κ1) is 13.1. The lowest BCUT2D eigenvalue weighted by atomic mass is 10.2. The molecule has 0 aliphatic rings. The summed E-state index contributed by atoms with van der Waals surface area (Å²) in [7, 11) is 1.41. The fraction of sp³-hybridized carbons (Fsp3) is 0.231. The van der Waals surface area contributed by atoms with Crippen LogP contribution in [0.4, 0.5) is 0 Å². The second-order valence-electron chi connectivity index (χ2n) is 3.54. The van der Waals surface area contributed by atoms with Gasteiger partial charge in [0, 0.05) is 16.7 Å². The average molecular weight is 279 g/mol. The minimum Gasteiger partial charge on any atom is -0.469 e. The number of aromatic nitrogens is 1. The number of thioether (sulfide) groups is 1. The van der Waals surface area contributed by atoms with Crippen molar-refractivity contribution in [3.63, 3.8) is 0 Å². The first-order chi connectivity index (χ1) is 8.79. The van der Waals surface area contributed by atoms with E-state index in [2.05, 4.69) is 9.72 Å². The van der Waals surface area contributed by atoms with E-state index in [-0.39, 0.29) is 5.97 Å². The zero-order chi connectivity index (χ0) is 12.8. The van der Waals surface area contributed by atoms with Gasteiger partial charge in [0.05, 0.1) is 19.2 Å². The Morgan fingerprint density at radius 2 is 2.17 bits per heavy atom. The van der Waals surface area contributed by atoms with Gasteiger partial charge in [0.2, 0.25) is 0 Å². The van der Waals surface area contributed by atoms with E-state index in [0.29, 0.717) is 12.2 Å². The van der Waals surface area contributed by atoms with Gasteiger partial charge in [-0.25, -0.2) is 4.98 Å². The summed E-state index contributed by atoms with van der Waals surface area (Å²) < 4.78 is 5.58. The van der Waals surface area contributed by atoms with E-state index in [4.69, 9.17) is 0 Å². The molecular weight excluding hydrogens is 266 g/mol. The van der Waals surface area contributed by atoms with Crippen molar-refractivity contribution in [2.24, 2.45) is 0 Å². The molecule has 0 radical (unpaired) electrons. The van der Waals surface area contributed by atoms with Crippen LogP contribution in [-0.4, -0.2) is 23.8 Å². The van der Waals surface area contributed by atoms with Gasteiger partial charge in [-0.15, -0.1) is 11.3 Å². The number of rotatable bonds is 5. The topological polar surface area (TPSA) is 39.2 Å². The summed E-state index contributed by atoms with van der Waals surface area (Å²) in [5, 5.41) is 2.04. The minimum atomic E-state index is -0.178. The van der Waals surface area contributed by atoms with Gasteiger partial charge in [-0.05, 0) is 0 Å². The van der Waals surface area contributed by atoms with Crippen LogP contribution in [0.3, 0.4) is 0 Å². The van der Waals surface area contributed by atoms with Crippen LogP contribution in [0.5, 0.6) is 0 Å². The number of ether oxygens (including phenoxy) is 1. The summed E-state index contributed by atoms with van der Waals surface area (Å²) >= 11 is 3.19. The van der Waals surface area contributed by atoms with Crippen LogP contribution >= 0.6 is 23.1 Å². The molecule has 5 heteroatoms. The Morgan fingerprint density at radius 3 is 2.89 bits per heavy atom. The summed E-state index contributed by atoms with van der Waals surface area (Å²) in [5.74, 6) is 0.524. The van der Waals surface area contributed by atoms with Gasteiger partial charge in [0.25, 0.3) is 0 Å². The lowest BCUT2D eigenvalue weighted by Gasteiger charge is -1.97. The molecular formula is C13H13NO2S2. The molecule has 0 amide bonds. The Kier molecular flexibility index (Phi) is 4.78. The van der Waals surface area contributed by atoms with Crippen LogP contribution in [0.2, 0.25) is 0 Å². The average Bonchev–Trinajstić information content (AvgIpc) is 2.88. The highest BCUT2D eigenvalue weighted by atomic mass is 32.2. The zero-order valence-electron chi connectivity index (χ0n) is 9.96. The number of hydrogen-bond donors (Lipinski definition) is 0. The summed E-state index contributed by atoms with van der Waals surface area (Å²) in [5.41, 5.74) is 2.11. The fourth-order valence-corrected chi connectivity index (χ4v) is 3.21. The van der Waals surface area contributed by atoms with Crippen LogP contribution in [0.1, 0.15) is 6.42 Å². The molecule has 1 aromatic heterocycles. The first-order valence-corrected chi connectivity index (χ1v) is 7.36. The predicted molar refractivity (Wildman–Crippen MR) is 74.9 cm³/mol. The Labute approximate surface area is 114 Å². The summed E-state index contributed by atoms with van der Waals surface area (Å²) in [4.78, 5) is 15.5. The lowest BCUT2D eigenvalue weighted by Crippen LogP contribution is -2.00. The molecule has 0 atom stereocenters. The molecule has 0 saturated heterocycles. The molecule has 18 heavy (non-hydrogen) atoms. The number of carbonyl (C=O) groups is 1. The molecule has 0 fully saturated rings. The maximum absolute atomic E-state index is 11.0. The highest BCUT2D eigenvalue weighted by Crippen LogP contribution is 2.28. The van der Waals surface area contributed by atoms with E-state index in [1.807, 2.05) is 35.7 Å². The summed E-state index contributed by atoms with van der Waals surface area (Å²) in [6.45, 7) is 0. The molecule has 3 nitrogen and oxygen atoms in total. The van der Waals surface area contributed by atoms with Crippen LogP contribution in [-0.2, 0) is 9.53 Å². The molecule has 0 N–H and O–H groups in total. The van der Waals surface area contributed by atoms with E-state index in [9.17, 15) is 4.79 Å². The van der Waals surface area contributed by atoms with Gasteiger partial charge < -0.3 is 4.74 Å². The van der Waals surface area contributed by atoms with Crippen molar-refractivity contribution in [3.05, 3.63) is 35.7 Å². The first-order valence-electron chi connectivity index (χ1n) is 5.50. The molecule has 0 aliphatic heterocycles. The Hall–Kier alpha value is -1.33. The number of benzene rings is 1. The maximum Gasteiger partial charge on any atom is 0.306 e. The SMILES string of the molecule is COC(=O)CCSc1nc(-c2ccccc2)cs1. The standard InChI is InChI=1S/C13H13NO2S2/c1-16-12(15)7-8-17-13-14-11(9-18-13)10-5-3-2-4-6-10/h2-6,9H,7-8H2,1H3. The molecule has 2 rings (SSSR count). The van der Waals surface area contributed by atoms with Gasteiger partial charge in [0.15, 0.2) is 4.34 Å². The number of esters is 1. The van der Waals surface area contributed by atoms with Crippen molar-refractivity contribution in [3.8, 4) is 11.3 Å². The van der Waals surface area contributed by atoms with Crippen LogP contribution in [0, 0.1) is 0 Å². The molecule has 0 unspecified atom stereocenters. The lowest BCUT2D eigenvalue weighted by molar-refractivity contribution is -0.140. The third kappa shape index (κ3) is 3.58. The molecule has 1 heterocycles. The van der Waals surface area contributed by atoms with Crippen LogP contribution in [0.25, 0.3) is 11.3 Å². The van der Waals surface area contributed by atoms with Gasteiger partial charge in [-0.3, -0.25) is 4.79 Å². The van der Waals surface area contributed by atoms with E-state index >= 15 is 0 Å². The number of methoxy groups -OCH3 is 1. The number of hydrogen-bond acceptors (Lipinski definition) is 5. The largest absolute Gasteiger partial charge is 0.469 e. The van der Waals surface area contributed by atoms with E-state index < -0.39 is 0 Å². The third-order valence-electron chi connectivity index (χ3n) is 2.31. The molecule has 0 bridgehead atoms. The molecule has 94 valence electrons. The van der Waals surface area contributed by atoms with Gasteiger partial charge >= 0.3 is 5.97 Å². The fourth-order valence-electron chi connectivity index (χ4n) is 1.39. The van der Waals surface area contributed by atoms with E-state index in [1.54, 1.807) is 23.1 Å². The van der Waals surface area contributed by atoms with Crippen molar-refractivity contribution in [2.45, 2.75) is 10.8 Å². The highest BCUT2D eigenvalue weighted by molar-refractivity contribution is 8.01. The van der Waals surface area contributed by atoms with E-state index in [0.717, 1.165) is 15.6 Å². The molecule has 1 aromatic carbocycles. The number of thiazole rings is 1. The Balaban J connectivity index is 1.93. The van der Waals surface area contributed by atoms with Crippen LogP contribution < -0.4 is 0 Å². The minimum absolute atomic E-state index is 0.178. The monoisotopic (exact) mass is 279 g/mol. The second-order valence-corrected chi connectivity index (χ2v) is 5.74. The third-order valence-corrected chi connectivity index (χ3v) is 4.33. The zero-order valence-corrected chi connectivity index (χ0v) is 11.6. The van der Waals surface area contributed by atoms with Gasteiger partial charge in [-0.1, -0.05) is 42.1 Å². The smallest absolute Gasteiger partial charge is 0.306 e. The van der Waals surface area contributed by atoms with Gasteiger partial charge in [-0.2, -0.15) is 0 Å². The Morgan fingerprint density at radius 1 is 1.39 bits per heavy atom. The van der Waals surface area contributed by atoms with Crippen molar-refractivity contribution in [1.82, 2.24) is 4.98 Å². The number of nitrogens with zero attached hydrogens (tertiary/aromatic N) is 1. The number of carbonyl (C=O) groups excluding carboxylic acids is 1. The van der Waals surface area contributed by atoms with Crippen molar-refractivity contribution >= 4 is 29.1 Å². The Bertz CT molecular complexity index is 511. The van der Waals surface area contributed by atoms with Crippen molar-refractivity contribution in [1.29, 1.82) is 0 Å². The second kappa shape index (κ2) is 6.56. The van der Waals surface area contributed by atoms with Crippen molar-refractivity contribution < 1.29 is 9.53 Å². The maximum atomic E-state index is 11.0. The van der Waals surface area contributed by atoms with E-state index in [1.165, 1.54) is 7.11 Å². The quantitative estimate of drug-likeness (QED) is 0.620. The highest BCUT2D eigenvalue weighted by Gasteiger charge is 2.06. The predicted octanol–water partition coefficient (Wildman–Crippen LogP) is 3.47. The van der Waals surface area contributed by atoms with Gasteiger partial charge in [0.1, 0.15) is 0 Å². The van der Waals surface area contributed by atoms with Crippen molar-refractivity contribution in [2.75, 3.05) is 12.9 Å². The molecule has 0 aliphatic carbocycles. The summed E-state index contributed by atoms with van der Waals surface area (Å²) in [6.07, 6.45) is 0.418.